The summed E-state index contributed by atoms with van der Waals surface area (Å²) in [5, 5.41) is 0. The third-order valence-corrected chi connectivity index (χ3v) is 3.84. The second-order valence-corrected chi connectivity index (χ2v) is 5.51. The Bertz CT molecular complexity index is 576. The van der Waals surface area contributed by atoms with Crippen molar-refractivity contribution < 1.29 is 4.39 Å². The van der Waals surface area contributed by atoms with Crippen LogP contribution in [0.3, 0.4) is 0 Å². The highest BCUT2D eigenvalue weighted by molar-refractivity contribution is 9.10. The molecule has 0 saturated carbocycles. The smallest absolute Gasteiger partial charge is 0.166 e. The highest BCUT2D eigenvalue weighted by Gasteiger charge is 2.28. The molecule has 1 atom stereocenters. The van der Waals surface area contributed by atoms with Crippen LogP contribution in [0.1, 0.15) is 24.4 Å². The summed E-state index contributed by atoms with van der Waals surface area (Å²) < 4.78 is 14.7. The predicted octanol–water partition coefficient (Wildman–Crippen LogP) is 3.72. The van der Waals surface area contributed by atoms with Crippen molar-refractivity contribution >= 4 is 21.7 Å². The number of nitrogens with zero attached hydrogens (tertiary/aromatic N) is 3. The van der Waals surface area contributed by atoms with Crippen molar-refractivity contribution in [2.24, 2.45) is 0 Å². The molecule has 0 spiro atoms. The molecule has 0 amide bonds. The van der Waals surface area contributed by atoms with Crippen molar-refractivity contribution in [2.45, 2.75) is 18.9 Å². The first-order chi connectivity index (χ1) is 9.25. The molecule has 5 heteroatoms. The molecular formula is C14H13BrFN3. The Morgan fingerprint density at radius 1 is 1.32 bits per heavy atom. The second-order valence-electron chi connectivity index (χ2n) is 4.59. The van der Waals surface area contributed by atoms with E-state index in [4.69, 9.17) is 0 Å². The fraction of sp³-hybridized carbons (Fsp3) is 0.286. The van der Waals surface area contributed by atoms with E-state index in [0.717, 1.165) is 24.9 Å². The molecule has 0 aliphatic carbocycles. The number of halogens is 2. The molecule has 0 radical (unpaired) electrons. The zero-order chi connectivity index (χ0) is 13.2. The maximum Gasteiger partial charge on any atom is 0.166 e. The maximum atomic E-state index is 14.0. The van der Waals surface area contributed by atoms with E-state index in [0.29, 0.717) is 10.3 Å². The van der Waals surface area contributed by atoms with Crippen LogP contribution in [-0.4, -0.2) is 16.5 Å². The summed E-state index contributed by atoms with van der Waals surface area (Å²) in [4.78, 5) is 10.3. The van der Waals surface area contributed by atoms with Crippen molar-refractivity contribution in [3.05, 3.63) is 52.6 Å². The number of pyridine rings is 2. The molecule has 0 bridgehead atoms. The fourth-order valence-corrected chi connectivity index (χ4v) is 2.87. The van der Waals surface area contributed by atoms with Crippen LogP contribution in [0.2, 0.25) is 0 Å². The molecule has 98 valence electrons. The second kappa shape index (κ2) is 5.25. The molecule has 1 unspecified atom stereocenters. The molecule has 19 heavy (non-hydrogen) atoms. The van der Waals surface area contributed by atoms with Crippen LogP contribution in [-0.2, 0) is 0 Å². The summed E-state index contributed by atoms with van der Waals surface area (Å²) in [7, 11) is 0. The summed E-state index contributed by atoms with van der Waals surface area (Å²) in [6.45, 7) is 0.832. The lowest BCUT2D eigenvalue weighted by Crippen LogP contribution is -2.24. The SMILES string of the molecule is Fc1cc(Br)cnc1N1CCCC1c1ccncc1. The highest BCUT2D eigenvalue weighted by Crippen LogP contribution is 2.36. The van der Waals surface area contributed by atoms with Gasteiger partial charge >= 0.3 is 0 Å². The highest BCUT2D eigenvalue weighted by atomic mass is 79.9. The van der Waals surface area contributed by atoms with Crippen LogP contribution >= 0.6 is 15.9 Å². The lowest BCUT2D eigenvalue weighted by atomic mass is 10.1. The molecule has 1 fully saturated rings. The lowest BCUT2D eigenvalue weighted by molar-refractivity contribution is 0.601. The van der Waals surface area contributed by atoms with Crippen LogP contribution in [0, 0.1) is 5.82 Å². The average Bonchev–Trinajstić information content (AvgIpc) is 2.89. The topological polar surface area (TPSA) is 29.0 Å². The maximum absolute atomic E-state index is 14.0. The van der Waals surface area contributed by atoms with Crippen molar-refractivity contribution in [3.8, 4) is 0 Å². The van der Waals surface area contributed by atoms with E-state index in [-0.39, 0.29) is 11.9 Å². The van der Waals surface area contributed by atoms with E-state index < -0.39 is 0 Å². The van der Waals surface area contributed by atoms with E-state index in [9.17, 15) is 4.39 Å². The van der Waals surface area contributed by atoms with Crippen LogP contribution in [0.25, 0.3) is 0 Å². The molecule has 3 rings (SSSR count). The van der Waals surface area contributed by atoms with Gasteiger partial charge in [-0.1, -0.05) is 0 Å². The molecule has 2 aromatic rings. The summed E-state index contributed by atoms with van der Waals surface area (Å²) in [6.07, 6.45) is 7.25. The van der Waals surface area contributed by atoms with Gasteiger partial charge in [0.2, 0.25) is 0 Å². The molecule has 3 heterocycles. The number of aromatic nitrogens is 2. The van der Waals surface area contributed by atoms with Crippen molar-refractivity contribution in [1.29, 1.82) is 0 Å². The minimum atomic E-state index is -0.282. The van der Waals surface area contributed by atoms with Crippen molar-refractivity contribution in [3.63, 3.8) is 0 Å². The first kappa shape index (κ1) is 12.5. The van der Waals surface area contributed by atoms with Crippen molar-refractivity contribution in [1.82, 2.24) is 9.97 Å². The van der Waals surface area contributed by atoms with Gasteiger partial charge in [-0.05, 0) is 52.5 Å². The van der Waals surface area contributed by atoms with Crippen LogP contribution in [0.5, 0.6) is 0 Å². The Balaban J connectivity index is 1.95. The molecule has 1 aliphatic rings. The molecule has 2 aromatic heterocycles. The van der Waals surface area contributed by atoms with Crippen LogP contribution < -0.4 is 4.90 Å². The Kier molecular flexibility index (Phi) is 3.46. The molecule has 3 nitrogen and oxygen atoms in total. The standard InChI is InChI=1S/C14H13BrFN3/c15-11-8-12(16)14(18-9-11)19-7-1-2-13(19)10-3-5-17-6-4-10/h3-6,8-9,13H,1-2,7H2. The molecule has 1 saturated heterocycles. The van der Waals surface area contributed by atoms with E-state index >= 15 is 0 Å². The zero-order valence-electron chi connectivity index (χ0n) is 10.3. The van der Waals surface area contributed by atoms with Gasteiger partial charge in [-0.25, -0.2) is 9.37 Å². The number of hydrogen-bond acceptors (Lipinski definition) is 3. The van der Waals surface area contributed by atoms with Crippen LogP contribution in [0.4, 0.5) is 10.2 Å². The Morgan fingerprint density at radius 3 is 2.84 bits per heavy atom. The van der Waals surface area contributed by atoms with Crippen LogP contribution in [0.15, 0.2) is 41.3 Å². The van der Waals surface area contributed by atoms with Gasteiger partial charge in [0, 0.05) is 29.6 Å². The monoisotopic (exact) mass is 321 g/mol. The number of hydrogen-bond donors (Lipinski definition) is 0. The normalized spacial score (nSPS) is 18.8. The van der Waals surface area contributed by atoms with Gasteiger partial charge in [0.15, 0.2) is 11.6 Å². The predicted molar refractivity (Wildman–Crippen MR) is 75.5 cm³/mol. The largest absolute Gasteiger partial charge is 0.347 e. The third-order valence-electron chi connectivity index (χ3n) is 3.40. The Morgan fingerprint density at radius 2 is 2.11 bits per heavy atom. The molecule has 0 aromatic carbocycles. The fourth-order valence-electron chi connectivity index (χ4n) is 2.57. The van der Waals surface area contributed by atoms with Gasteiger partial charge in [0.25, 0.3) is 0 Å². The average molecular weight is 322 g/mol. The van der Waals surface area contributed by atoms with Gasteiger partial charge in [0.1, 0.15) is 0 Å². The van der Waals surface area contributed by atoms with E-state index in [2.05, 4.69) is 25.9 Å². The molecular weight excluding hydrogens is 309 g/mol. The summed E-state index contributed by atoms with van der Waals surface area (Å²) in [5.41, 5.74) is 1.16. The Labute approximate surface area is 119 Å². The van der Waals surface area contributed by atoms with E-state index in [1.165, 1.54) is 6.07 Å². The Hall–Kier alpha value is -1.49. The van der Waals surface area contributed by atoms with E-state index in [1.54, 1.807) is 18.6 Å². The minimum absolute atomic E-state index is 0.186. The third kappa shape index (κ3) is 2.47. The van der Waals surface area contributed by atoms with Gasteiger partial charge in [-0.3, -0.25) is 4.98 Å². The quantitative estimate of drug-likeness (QED) is 0.844. The minimum Gasteiger partial charge on any atom is -0.347 e. The molecule has 1 aliphatic heterocycles. The first-order valence-corrected chi connectivity index (χ1v) is 7.02. The van der Waals surface area contributed by atoms with E-state index in [1.807, 2.05) is 17.0 Å². The summed E-state index contributed by atoms with van der Waals surface area (Å²) in [6, 6.07) is 5.62. The van der Waals surface area contributed by atoms with Gasteiger partial charge in [0.05, 0.1) is 6.04 Å². The summed E-state index contributed by atoms with van der Waals surface area (Å²) in [5.74, 6) is 0.151. The zero-order valence-corrected chi connectivity index (χ0v) is 11.8. The number of anilines is 1. The van der Waals surface area contributed by atoms with Crippen molar-refractivity contribution in [2.75, 3.05) is 11.4 Å². The summed E-state index contributed by atoms with van der Waals surface area (Å²) >= 11 is 3.24. The lowest BCUT2D eigenvalue weighted by Gasteiger charge is -2.26. The van der Waals surface area contributed by atoms with Gasteiger partial charge in [-0.15, -0.1) is 0 Å². The van der Waals surface area contributed by atoms with Gasteiger partial charge < -0.3 is 4.90 Å². The first-order valence-electron chi connectivity index (χ1n) is 6.23. The number of rotatable bonds is 2. The van der Waals surface area contributed by atoms with Gasteiger partial charge in [-0.2, -0.15) is 0 Å². The molecule has 0 N–H and O–H groups in total.